The Labute approximate surface area is 124 Å². The summed E-state index contributed by atoms with van der Waals surface area (Å²) in [4.78, 5) is 16.8. The molecule has 0 aliphatic rings. The van der Waals surface area contributed by atoms with E-state index in [4.69, 9.17) is 10.3 Å². The first-order valence-corrected chi connectivity index (χ1v) is 7.13. The second-order valence-electron chi connectivity index (χ2n) is 4.41. The summed E-state index contributed by atoms with van der Waals surface area (Å²) in [5.74, 6) is 1.94. The van der Waals surface area contributed by atoms with Crippen molar-refractivity contribution in [2.24, 2.45) is 7.05 Å². The number of aryl methyl sites for hydroxylation is 2. The molecule has 8 nitrogen and oxygen atoms in total. The van der Waals surface area contributed by atoms with Crippen molar-refractivity contribution >= 4 is 17.6 Å². The van der Waals surface area contributed by atoms with E-state index in [0.29, 0.717) is 28.4 Å². The van der Waals surface area contributed by atoms with Crippen molar-refractivity contribution in [3.05, 3.63) is 30.2 Å². The third-order valence-electron chi connectivity index (χ3n) is 2.69. The summed E-state index contributed by atoms with van der Waals surface area (Å²) in [6, 6.07) is 1.72. The van der Waals surface area contributed by atoms with E-state index in [1.807, 2.05) is 18.5 Å². The van der Waals surface area contributed by atoms with E-state index in [2.05, 4.69) is 25.1 Å². The maximum Gasteiger partial charge on any atom is 0.237 e. The normalized spacial score (nSPS) is 11.0. The fraction of sp³-hybridized carbons (Fsp3) is 0.250. The van der Waals surface area contributed by atoms with Gasteiger partial charge in [-0.05, 0) is 6.92 Å². The summed E-state index contributed by atoms with van der Waals surface area (Å²) >= 11 is 1.40. The average Bonchev–Trinajstić information content (AvgIpc) is 3.03. The number of hydrogen-bond acceptors (Lipinski definition) is 8. The largest absolute Gasteiger partial charge is 0.384 e. The Morgan fingerprint density at radius 3 is 2.90 bits per heavy atom. The second kappa shape index (κ2) is 5.52. The highest BCUT2D eigenvalue weighted by atomic mass is 32.2. The summed E-state index contributed by atoms with van der Waals surface area (Å²) in [6.07, 6.45) is 3.37. The van der Waals surface area contributed by atoms with Gasteiger partial charge in [0.1, 0.15) is 11.5 Å². The van der Waals surface area contributed by atoms with E-state index in [9.17, 15) is 0 Å². The Kier molecular flexibility index (Phi) is 3.57. The molecule has 3 rings (SSSR count). The molecule has 0 aliphatic carbocycles. The molecule has 0 saturated carbocycles. The Hall–Kier alpha value is -2.42. The van der Waals surface area contributed by atoms with Gasteiger partial charge >= 0.3 is 0 Å². The Morgan fingerprint density at radius 2 is 2.19 bits per heavy atom. The Morgan fingerprint density at radius 1 is 1.33 bits per heavy atom. The van der Waals surface area contributed by atoms with Crippen LogP contribution in [-0.4, -0.2) is 29.7 Å². The van der Waals surface area contributed by atoms with Crippen molar-refractivity contribution in [2.75, 3.05) is 5.73 Å². The molecule has 21 heavy (non-hydrogen) atoms. The van der Waals surface area contributed by atoms with Gasteiger partial charge in [0.2, 0.25) is 11.7 Å². The van der Waals surface area contributed by atoms with Crippen LogP contribution in [0.4, 0.5) is 5.82 Å². The molecule has 0 spiro atoms. The molecular weight excluding hydrogens is 290 g/mol. The van der Waals surface area contributed by atoms with Gasteiger partial charge in [-0.25, -0.2) is 15.0 Å². The highest BCUT2D eigenvalue weighted by Gasteiger charge is 2.12. The van der Waals surface area contributed by atoms with E-state index < -0.39 is 0 Å². The molecule has 0 bridgehead atoms. The smallest absolute Gasteiger partial charge is 0.237 e. The van der Waals surface area contributed by atoms with Crippen LogP contribution < -0.4 is 5.73 Å². The number of nitrogens with two attached hydrogens (primary N) is 1. The molecule has 3 aromatic heterocycles. The lowest BCUT2D eigenvalue weighted by Gasteiger charge is -2.00. The van der Waals surface area contributed by atoms with Crippen LogP contribution in [0.1, 0.15) is 11.6 Å². The number of rotatable bonds is 4. The van der Waals surface area contributed by atoms with Crippen LogP contribution >= 0.6 is 11.8 Å². The molecule has 0 amide bonds. The number of imidazole rings is 1. The number of thioether (sulfide) groups is 1. The molecule has 0 unspecified atom stereocenters. The first kappa shape index (κ1) is 13.6. The Balaban J connectivity index is 1.72. The minimum Gasteiger partial charge on any atom is -0.384 e. The van der Waals surface area contributed by atoms with E-state index in [1.165, 1.54) is 11.8 Å². The Bertz CT molecular complexity index is 746. The third-order valence-corrected chi connectivity index (χ3v) is 3.52. The lowest BCUT2D eigenvalue weighted by molar-refractivity contribution is 0.391. The zero-order valence-corrected chi connectivity index (χ0v) is 12.3. The molecule has 0 radical (unpaired) electrons. The summed E-state index contributed by atoms with van der Waals surface area (Å²) in [7, 11) is 1.87. The number of nitrogens with zero attached hydrogens (tertiary/aromatic N) is 6. The molecule has 0 fully saturated rings. The maximum atomic E-state index is 5.69. The standard InChI is InChI=1S/C12H13N7OS/c1-7-3-9(13)16-12(15-7)21-5-10-17-11(18-20-10)8-4-14-6-19(8)2/h3-4,6H,5H2,1-2H3,(H2,13,15,16). The summed E-state index contributed by atoms with van der Waals surface area (Å²) < 4.78 is 7.04. The highest BCUT2D eigenvalue weighted by Crippen LogP contribution is 2.21. The third kappa shape index (κ3) is 3.02. The van der Waals surface area contributed by atoms with Gasteiger partial charge in [-0.3, -0.25) is 0 Å². The van der Waals surface area contributed by atoms with Crippen molar-refractivity contribution in [3.8, 4) is 11.5 Å². The van der Waals surface area contributed by atoms with Crippen molar-refractivity contribution in [1.82, 2.24) is 29.7 Å². The SMILES string of the molecule is Cc1cc(N)nc(SCc2nc(-c3cncn3C)no2)n1. The van der Waals surface area contributed by atoms with Gasteiger partial charge < -0.3 is 14.8 Å². The fourth-order valence-electron chi connectivity index (χ4n) is 1.75. The van der Waals surface area contributed by atoms with Crippen molar-refractivity contribution in [2.45, 2.75) is 17.8 Å². The van der Waals surface area contributed by atoms with Crippen molar-refractivity contribution < 1.29 is 4.52 Å². The lowest BCUT2D eigenvalue weighted by Crippen LogP contribution is -1.96. The molecule has 9 heteroatoms. The minimum atomic E-state index is 0.450. The molecule has 0 aliphatic heterocycles. The monoisotopic (exact) mass is 303 g/mol. The maximum absolute atomic E-state index is 5.69. The molecule has 3 aromatic rings. The highest BCUT2D eigenvalue weighted by molar-refractivity contribution is 7.98. The van der Waals surface area contributed by atoms with Crippen LogP contribution in [0.5, 0.6) is 0 Å². The molecular formula is C12H13N7OS. The van der Waals surface area contributed by atoms with Crippen LogP contribution in [-0.2, 0) is 12.8 Å². The van der Waals surface area contributed by atoms with Gasteiger partial charge in [0.25, 0.3) is 0 Å². The molecule has 2 N–H and O–H groups in total. The molecule has 0 saturated heterocycles. The molecule has 3 heterocycles. The summed E-state index contributed by atoms with van der Waals surface area (Å²) in [5.41, 5.74) is 7.31. The van der Waals surface area contributed by atoms with E-state index in [-0.39, 0.29) is 0 Å². The van der Waals surface area contributed by atoms with Crippen LogP contribution in [0, 0.1) is 6.92 Å². The summed E-state index contributed by atoms with van der Waals surface area (Å²) in [6.45, 7) is 1.87. The van der Waals surface area contributed by atoms with Gasteiger partial charge in [0.15, 0.2) is 5.16 Å². The quantitative estimate of drug-likeness (QED) is 0.569. The first-order valence-electron chi connectivity index (χ1n) is 6.15. The first-order chi connectivity index (χ1) is 10.1. The van der Waals surface area contributed by atoms with Crippen LogP contribution in [0.2, 0.25) is 0 Å². The number of nitrogen functional groups attached to an aromatic ring is 1. The predicted molar refractivity (Wildman–Crippen MR) is 77.2 cm³/mol. The van der Waals surface area contributed by atoms with Gasteiger partial charge in [-0.1, -0.05) is 16.9 Å². The van der Waals surface area contributed by atoms with Gasteiger partial charge in [0, 0.05) is 18.8 Å². The zero-order chi connectivity index (χ0) is 14.8. The van der Waals surface area contributed by atoms with E-state index in [1.54, 1.807) is 18.6 Å². The molecule has 108 valence electrons. The molecule has 0 atom stereocenters. The van der Waals surface area contributed by atoms with Gasteiger partial charge in [0.05, 0.1) is 18.3 Å². The van der Waals surface area contributed by atoms with Gasteiger partial charge in [-0.2, -0.15) is 4.98 Å². The van der Waals surface area contributed by atoms with Gasteiger partial charge in [-0.15, -0.1) is 0 Å². The lowest BCUT2D eigenvalue weighted by atomic mass is 10.4. The molecule has 0 aromatic carbocycles. The summed E-state index contributed by atoms with van der Waals surface area (Å²) in [5, 5.41) is 4.53. The predicted octanol–water partition coefficient (Wildman–Crippen LogP) is 1.44. The van der Waals surface area contributed by atoms with Crippen molar-refractivity contribution in [1.29, 1.82) is 0 Å². The van der Waals surface area contributed by atoms with E-state index in [0.717, 1.165) is 11.4 Å². The van der Waals surface area contributed by atoms with Crippen LogP contribution in [0.3, 0.4) is 0 Å². The van der Waals surface area contributed by atoms with E-state index >= 15 is 0 Å². The topological polar surface area (TPSA) is 109 Å². The average molecular weight is 303 g/mol. The number of hydrogen-bond donors (Lipinski definition) is 1. The zero-order valence-electron chi connectivity index (χ0n) is 11.5. The minimum absolute atomic E-state index is 0.450. The second-order valence-corrected chi connectivity index (χ2v) is 5.35. The van der Waals surface area contributed by atoms with Crippen molar-refractivity contribution in [3.63, 3.8) is 0 Å². The van der Waals surface area contributed by atoms with Crippen LogP contribution in [0.15, 0.2) is 28.3 Å². The number of anilines is 1. The number of aromatic nitrogens is 6. The fourth-order valence-corrected chi connectivity index (χ4v) is 2.49. The van der Waals surface area contributed by atoms with Crippen LogP contribution in [0.25, 0.3) is 11.5 Å².